The number of anilines is 1. The van der Waals surface area contributed by atoms with E-state index in [2.05, 4.69) is 20.3 Å². The molecule has 1 saturated heterocycles. The van der Waals surface area contributed by atoms with E-state index in [1.807, 2.05) is 0 Å². The standard InChI is InChI=1S/C12H14N4O2/c17-10-4-3-8-6-13-12(16-11(8)15-10)14-7-9-2-1-5-18-9/h3-4,6,9H,1-2,5,7H2,(H2,13,14,15,16,17). The summed E-state index contributed by atoms with van der Waals surface area (Å²) in [7, 11) is 0. The molecule has 0 saturated carbocycles. The fourth-order valence-corrected chi connectivity index (χ4v) is 2.03. The normalized spacial score (nSPS) is 19.2. The number of aromatic nitrogens is 3. The minimum atomic E-state index is -0.161. The molecule has 1 unspecified atom stereocenters. The zero-order valence-electron chi connectivity index (χ0n) is 9.85. The predicted molar refractivity (Wildman–Crippen MR) is 67.6 cm³/mol. The van der Waals surface area contributed by atoms with Gasteiger partial charge in [0.15, 0.2) is 0 Å². The summed E-state index contributed by atoms with van der Waals surface area (Å²) in [4.78, 5) is 22.3. The number of rotatable bonds is 3. The van der Waals surface area contributed by atoms with Crippen LogP contribution in [-0.2, 0) is 4.74 Å². The van der Waals surface area contributed by atoms with Gasteiger partial charge in [0.1, 0.15) is 5.65 Å². The average molecular weight is 246 g/mol. The number of hydrogen-bond acceptors (Lipinski definition) is 5. The Kier molecular flexibility index (Phi) is 2.93. The SMILES string of the molecule is O=c1ccc2cnc(NCC3CCCO3)nc2[nH]1. The van der Waals surface area contributed by atoms with Crippen LogP contribution in [0.4, 0.5) is 5.95 Å². The summed E-state index contributed by atoms with van der Waals surface area (Å²) in [6, 6.07) is 3.17. The Morgan fingerprint density at radius 2 is 2.44 bits per heavy atom. The second-order valence-electron chi connectivity index (χ2n) is 4.34. The highest BCUT2D eigenvalue weighted by Crippen LogP contribution is 2.13. The van der Waals surface area contributed by atoms with Gasteiger partial charge in [0.2, 0.25) is 11.5 Å². The molecule has 6 heteroatoms. The lowest BCUT2D eigenvalue weighted by atomic mass is 10.2. The highest BCUT2D eigenvalue weighted by Gasteiger charge is 2.15. The molecule has 1 aliphatic heterocycles. The number of fused-ring (bicyclic) bond motifs is 1. The van der Waals surface area contributed by atoms with Crippen LogP contribution < -0.4 is 10.9 Å². The Morgan fingerprint density at radius 3 is 3.28 bits per heavy atom. The van der Waals surface area contributed by atoms with E-state index in [0.29, 0.717) is 18.1 Å². The molecule has 94 valence electrons. The zero-order chi connectivity index (χ0) is 12.4. The smallest absolute Gasteiger partial charge is 0.249 e. The molecule has 1 fully saturated rings. The van der Waals surface area contributed by atoms with E-state index in [-0.39, 0.29) is 11.7 Å². The maximum atomic E-state index is 11.2. The Balaban J connectivity index is 1.77. The number of pyridine rings is 1. The second kappa shape index (κ2) is 4.73. The van der Waals surface area contributed by atoms with E-state index in [1.165, 1.54) is 6.07 Å². The molecular formula is C12H14N4O2. The van der Waals surface area contributed by atoms with Crippen LogP contribution in [0.25, 0.3) is 11.0 Å². The second-order valence-corrected chi connectivity index (χ2v) is 4.34. The van der Waals surface area contributed by atoms with E-state index >= 15 is 0 Å². The first kappa shape index (κ1) is 11.2. The molecule has 2 aromatic heterocycles. The van der Waals surface area contributed by atoms with E-state index < -0.39 is 0 Å². The highest BCUT2D eigenvalue weighted by atomic mass is 16.5. The number of ether oxygens (including phenoxy) is 1. The topological polar surface area (TPSA) is 79.9 Å². The van der Waals surface area contributed by atoms with E-state index in [9.17, 15) is 4.79 Å². The number of nitrogens with zero attached hydrogens (tertiary/aromatic N) is 2. The molecule has 3 rings (SSSR count). The van der Waals surface area contributed by atoms with Gasteiger partial charge in [-0.1, -0.05) is 0 Å². The molecule has 1 aliphatic rings. The number of nitrogens with one attached hydrogen (secondary N) is 2. The van der Waals surface area contributed by atoms with Crippen LogP contribution in [0, 0.1) is 0 Å². The summed E-state index contributed by atoms with van der Waals surface area (Å²) in [5.74, 6) is 0.514. The van der Waals surface area contributed by atoms with Crippen LogP contribution in [-0.4, -0.2) is 34.2 Å². The van der Waals surface area contributed by atoms with Gasteiger partial charge in [0, 0.05) is 30.8 Å². The summed E-state index contributed by atoms with van der Waals surface area (Å²) in [6.45, 7) is 1.53. The van der Waals surface area contributed by atoms with Crippen molar-refractivity contribution in [2.24, 2.45) is 0 Å². The third-order valence-corrected chi connectivity index (χ3v) is 2.98. The largest absolute Gasteiger partial charge is 0.376 e. The van der Waals surface area contributed by atoms with Gasteiger partial charge in [0.05, 0.1) is 6.10 Å². The monoisotopic (exact) mass is 246 g/mol. The Labute approximate surface area is 103 Å². The molecule has 0 aromatic carbocycles. The Hall–Kier alpha value is -1.95. The fourth-order valence-electron chi connectivity index (χ4n) is 2.03. The average Bonchev–Trinajstić information content (AvgIpc) is 2.89. The van der Waals surface area contributed by atoms with E-state index in [4.69, 9.17) is 4.74 Å². The Morgan fingerprint density at radius 1 is 1.50 bits per heavy atom. The van der Waals surface area contributed by atoms with Crippen LogP contribution in [0.15, 0.2) is 23.1 Å². The predicted octanol–water partition coefficient (Wildman–Crippen LogP) is 0.909. The van der Waals surface area contributed by atoms with Gasteiger partial charge >= 0.3 is 0 Å². The summed E-state index contributed by atoms with van der Waals surface area (Å²) >= 11 is 0. The molecule has 2 N–H and O–H groups in total. The van der Waals surface area contributed by atoms with E-state index in [0.717, 1.165) is 24.8 Å². The van der Waals surface area contributed by atoms with Gasteiger partial charge in [-0.05, 0) is 18.9 Å². The molecule has 0 amide bonds. The molecule has 0 aliphatic carbocycles. The van der Waals surface area contributed by atoms with Gasteiger partial charge < -0.3 is 15.0 Å². The molecule has 1 atom stereocenters. The maximum absolute atomic E-state index is 11.2. The minimum Gasteiger partial charge on any atom is -0.376 e. The van der Waals surface area contributed by atoms with Crippen molar-refractivity contribution in [2.75, 3.05) is 18.5 Å². The van der Waals surface area contributed by atoms with Gasteiger partial charge in [-0.15, -0.1) is 0 Å². The van der Waals surface area contributed by atoms with Crippen LogP contribution in [0.5, 0.6) is 0 Å². The summed E-state index contributed by atoms with van der Waals surface area (Å²) < 4.78 is 5.51. The van der Waals surface area contributed by atoms with Crippen molar-refractivity contribution in [1.82, 2.24) is 15.0 Å². The lowest BCUT2D eigenvalue weighted by Crippen LogP contribution is -2.19. The number of H-pyrrole nitrogens is 1. The third-order valence-electron chi connectivity index (χ3n) is 2.98. The molecule has 18 heavy (non-hydrogen) atoms. The first-order valence-electron chi connectivity index (χ1n) is 6.03. The van der Waals surface area contributed by atoms with Crippen molar-refractivity contribution in [3.63, 3.8) is 0 Å². The van der Waals surface area contributed by atoms with Crippen molar-refractivity contribution in [1.29, 1.82) is 0 Å². The zero-order valence-corrected chi connectivity index (χ0v) is 9.85. The molecule has 3 heterocycles. The molecule has 2 aromatic rings. The number of hydrogen-bond donors (Lipinski definition) is 2. The van der Waals surface area contributed by atoms with Crippen LogP contribution >= 0.6 is 0 Å². The minimum absolute atomic E-state index is 0.161. The maximum Gasteiger partial charge on any atom is 0.249 e. The van der Waals surface area contributed by atoms with Crippen molar-refractivity contribution >= 4 is 17.0 Å². The molecule has 0 spiro atoms. The third kappa shape index (κ3) is 2.33. The van der Waals surface area contributed by atoms with Crippen LogP contribution in [0.2, 0.25) is 0 Å². The quantitative estimate of drug-likeness (QED) is 0.841. The first-order valence-corrected chi connectivity index (χ1v) is 6.03. The van der Waals surface area contributed by atoms with Crippen LogP contribution in [0.3, 0.4) is 0 Å². The van der Waals surface area contributed by atoms with Crippen molar-refractivity contribution in [3.8, 4) is 0 Å². The highest BCUT2D eigenvalue weighted by molar-refractivity contribution is 5.74. The summed E-state index contributed by atoms with van der Waals surface area (Å²) in [6.07, 6.45) is 4.10. The van der Waals surface area contributed by atoms with Crippen molar-refractivity contribution in [3.05, 3.63) is 28.7 Å². The summed E-state index contributed by atoms with van der Waals surface area (Å²) in [5, 5.41) is 3.95. The summed E-state index contributed by atoms with van der Waals surface area (Å²) in [5.41, 5.74) is 0.388. The fraction of sp³-hybridized carbons (Fsp3) is 0.417. The molecular weight excluding hydrogens is 232 g/mol. The number of aromatic amines is 1. The first-order chi connectivity index (χ1) is 8.81. The van der Waals surface area contributed by atoms with Gasteiger partial charge in [-0.2, -0.15) is 4.98 Å². The Bertz CT molecular complexity index is 604. The van der Waals surface area contributed by atoms with Crippen molar-refractivity contribution < 1.29 is 4.74 Å². The van der Waals surface area contributed by atoms with Gasteiger partial charge in [-0.3, -0.25) is 4.79 Å². The van der Waals surface area contributed by atoms with Crippen molar-refractivity contribution in [2.45, 2.75) is 18.9 Å². The van der Waals surface area contributed by atoms with E-state index in [1.54, 1.807) is 12.3 Å². The van der Waals surface area contributed by atoms with Gasteiger partial charge in [-0.25, -0.2) is 4.98 Å². The molecule has 0 radical (unpaired) electrons. The van der Waals surface area contributed by atoms with Crippen LogP contribution in [0.1, 0.15) is 12.8 Å². The molecule has 0 bridgehead atoms. The lowest BCUT2D eigenvalue weighted by molar-refractivity contribution is 0.120. The van der Waals surface area contributed by atoms with Gasteiger partial charge in [0.25, 0.3) is 0 Å². The molecule has 6 nitrogen and oxygen atoms in total. The lowest BCUT2D eigenvalue weighted by Gasteiger charge is -2.10.